The second-order valence-electron chi connectivity index (χ2n) is 4.31. The second kappa shape index (κ2) is 4.49. The highest BCUT2D eigenvalue weighted by Gasteiger charge is 2.11. The molecule has 0 fully saturated rings. The quantitative estimate of drug-likeness (QED) is 0.661. The molecule has 3 rings (SSSR count). The van der Waals surface area contributed by atoms with Crippen LogP contribution in [0.5, 0.6) is 0 Å². The first kappa shape index (κ1) is 10.8. The fourth-order valence-corrected chi connectivity index (χ4v) is 1.98. The van der Waals surface area contributed by atoms with E-state index in [4.69, 9.17) is 4.52 Å². The molecule has 0 bridgehead atoms. The summed E-state index contributed by atoms with van der Waals surface area (Å²) >= 11 is 0. The lowest BCUT2D eigenvalue weighted by Crippen LogP contribution is -1.82. The fourth-order valence-electron chi connectivity index (χ4n) is 1.98. The third kappa shape index (κ3) is 1.93. The zero-order valence-corrected chi connectivity index (χ0v) is 10.1. The predicted molar refractivity (Wildman–Crippen MR) is 72.1 cm³/mol. The summed E-state index contributed by atoms with van der Waals surface area (Å²) in [6.45, 7) is 2.07. The van der Waals surface area contributed by atoms with Crippen molar-refractivity contribution in [2.45, 2.75) is 6.92 Å². The van der Waals surface area contributed by atoms with E-state index in [1.165, 1.54) is 5.56 Å². The molecule has 0 radical (unpaired) electrons. The Morgan fingerprint density at radius 3 is 2.28 bits per heavy atom. The molecule has 1 aromatic heterocycles. The van der Waals surface area contributed by atoms with Crippen LogP contribution in [0.25, 0.3) is 22.4 Å². The average Bonchev–Trinajstić information content (AvgIpc) is 2.90. The molecule has 3 aromatic rings. The lowest BCUT2D eigenvalue weighted by Gasteiger charge is -2.02. The van der Waals surface area contributed by atoms with Crippen molar-refractivity contribution in [3.8, 4) is 22.4 Å². The van der Waals surface area contributed by atoms with Gasteiger partial charge >= 0.3 is 0 Å². The first-order valence-corrected chi connectivity index (χ1v) is 5.91. The Morgan fingerprint density at radius 1 is 0.833 bits per heavy atom. The van der Waals surface area contributed by atoms with Gasteiger partial charge in [0, 0.05) is 11.1 Å². The lowest BCUT2D eigenvalue weighted by atomic mass is 10.0. The highest BCUT2D eigenvalue weighted by Crippen LogP contribution is 2.30. The minimum atomic E-state index is 0.890. The van der Waals surface area contributed by atoms with E-state index in [9.17, 15) is 0 Å². The maximum absolute atomic E-state index is 5.13. The zero-order chi connectivity index (χ0) is 12.4. The Morgan fingerprint density at radius 2 is 1.56 bits per heavy atom. The van der Waals surface area contributed by atoms with Crippen molar-refractivity contribution >= 4 is 0 Å². The van der Waals surface area contributed by atoms with Crippen molar-refractivity contribution < 1.29 is 4.52 Å². The minimum absolute atomic E-state index is 0.890. The highest BCUT2D eigenvalue weighted by atomic mass is 16.5. The van der Waals surface area contributed by atoms with E-state index in [0.29, 0.717) is 0 Å². The molecular weight excluding hydrogens is 222 g/mol. The van der Waals surface area contributed by atoms with Gasteiger partial charge in [-0.05, 0) is 12.5 Å². The molecule has 0 unspecified atom stereocenters. The topological polar surface area (TPSA) is 26.0 Å². The molecule has 0 aliphatic heterocycles. The monoisotopic (exact) mass is 235 g/mol. The third-order valence-corrected chi connectivity index (χ3v) is 2.98. The summed E-state index contributed by atoms with van der Waals surface area (Å²) in [5, 5.41) is 4.12. The Balaban J connectivity index is 2.10. The van der Waals surface area contributed by atoms with Crippen LogP contribution in [0.3, 0.4) is 0 Å². The Hall–Kier alpha value is -2.35. The Kier molecular flexibility index (Phi) is 2.69. The van der Waals surface area contributed by atoms with E-state index in [1.54, 1.807) is 6.26 Å². The summed E-state index contributed by atoms with van der Waals surface area (Å²) in [6, 6.07) is 18.5. The normalized spacial score (nSPS) is 10.5. The number of benzene rings is 2. The van der Waals surface area contributed by atoms with Gasteiger partial charge < -0.3 is 4.52 Å². The van der Waals surface area contributed by atoms with Crippen LogP contribution in [0.2, 0.25) is 0 Å². The van der Waals surface area contributed by atoms with Crippen molar-refractivity contribution in [1.29, 1.82) is 0 Å². The van der Waals surface area contributed by atoms with Gasteiger partial charge in [0.25, 0.3) is 0 Å². The van der Waals surface area contributed by atoms with Crippen LogP contribution in [0.4, 0.5) is 0 Å². The van der Waals surface area contributed by atoms with E-state index in [0.717, 1.165) is 22.4 Å². The SMILES string of the molecule is Cc1ccc(-c2nocc2-c2ccccc2)cc1. The van der Waals surface area contributed by atoms with E-state index >= 15 is 0 Å². The summed E-state index contributed by atoms with van der Waals surface area (Å²) in [5.41, 5.74) is 5.35. The van der Waals surface area contributed by atoms with Crippen LogP contribution >= 0.6 is 0 Å². The maximum Gasteiger partial charge on any atom is 0.132 e. The highest BCUT2D eigenvalue weighted by molar-refractivity contribution is 5.79. The molecule has 2 heteroatoms. The van der Waals surface area contributed by atoms with Crippen molar-refractivity contribution in [3.63, 3.8) is 0 Å². The largest absolute Gasteiger partial charge is 0.363 e. The molecule has 0 amide bonds. The van der Waals surface area contributed by atoms with Crippen LogP contribution in [-0.2, 0) is 0 Å². The van der Waals surface area contributed by atoms with Gasteiger partial charge in [-0.15, -0.1) is 0 Å². The van der Waals surface area contributed by atoms with Gasteiger partial charge in [-0.25, -0.2) is 0 Å². The number of hydrogen-bond donors (Lipinski definition) is 0. The predicted octanol–water partition coefficient (Wildman–Crippen LogP) is 4.32. The lowest BCUT2D eigenvalue weighted by molar-refractivity contribution is 0.422. The van der Waals surface area contributed by atoms with E-state index in [1.807, 2.05) is 18.2 Å². The van der Waals surface area contributed by atoms with Crippen LogP contribution in [0, 0.1) is 6.92 Å². The number of hydrogen-bond acceptors (Lipinski definition) is 2. The van der Waals surface area contributed by atoms with Gasteiger partial charge in [-0.1, -0.05) is 65.3 Å². The molecule has 0 aliphatic rings. The number of nitrogens with zero attached hydrogens (tertiary/aromatic N) is 1. The molecule has 0 atom stereocenters. The molecule has 0 saturated carbocycles. The molecule has 0 saturated heterocycles. The van der Waals surface area contributed by atoms with Gasteiger partial charge in [0.05, 0.1) is 0 Å². The minimum Gasteiger partial charge on any atom is -0.363 e. The molecule has 18 heavy (non-hydrogen) atoms. The smallest absolute Gasteiger partial charge is 0.132 e. The van der Waals surface area contributed by atoms with Crippen LogP contribution in [0.1, 0.15) is 5.56 Å². The van der Waals surface area contributed by atoms with Gasteiger partial charge in [-0.2, -0.15) is 0 Å². The molecule has 88 valence electrons. The molecule has 2 nitrogen and oxygen atoms in total. The van der Waals surface area contributed by atoms with Gasteiger partial charge in [0.15, 0.2) is 0 Å². The molecule has 0 N–H and O–H groups in total. The summed E-state index contributed by atoms with van der Waals surface area (Å²) in [4.78, 5) is 0. The van der Waals surface area contributed by atoms with Crippen molar-refractivity contribution in [2.75, 3.05) is 0 Å². The van der Waals surface area contributed by atoms with Crippen molar-refractivity contribution in [2.24, 2.45) is 0 Å². The first-order valence-electron chi connectivity index (χ1n) is 5.91. The summed E-state index contributed by atoms with van der Waals surface area (Å²) in [7, 11) is 0. The standard InChI is InChI=1S/C16H13NO/c1-12-7-9-14(10-8-12)16-15(11-18-17-16)13-5-3-2-4-6-13/h2-11H,1H3. The van der Waals surface area contributed by atoms with Gasteiger partial charge in [0.1, 0.15) is 12.0 Å². The van der Waals surface area contributed by atoms with Gasteiger partial charge in [0.2, 0.25) is 0 Å². The molecule has 1 heterocycles. The van der Waals surface area contributed by atoms with Crippen LogP contribution < -0.4 is 0 Å². The second-order valence-corrected chi connectivity index (χ2v) is 4.31. The number of rotatable bonds is 2. The van der Waals surface area contributed by atoms with Crippen LogP contribution in [-0.4, -0.2) is 5.16 Å². The van der Waals surface area contributed by atoms with Crippen molar-refractivity contribution in [1.82, 2.24) is 5.16 Å². The van der Waals surface area contributed by atoms with Crippen LogP contribution in [0.15, 0.2) is 65.4 Å². The van der Waals surface area contributed by atoms with Gasteiger partial charge in [-0.3, -0.25) is 0 Å². The van der Waals surface area contributed by atoms with E-state index in [-0.39, 0.29) is 0 Å². The molecule has 0 aliphatic carbocycles. The molecule has 0 spiro atoms. The summed E-state index contributed by atoms with van der Waals surface area (Å²) in [6.07, 6.45) is 1.70. The summed E-state index contributed by atoms with van der Waals surface area (Å²) in [5.74, 6) is 0. The molecular formula is C16H13NO. The van der Waals surface area contributed by atoms with Crippen molar-refractivity contribution in [3.05, 3.63) is 66.4 Å². The zero-order valence-electron chi connectivity index (χ0n) is 10.1. The number of aryl methyl sites for hydroxylation is 1. The Labute approximate surface area is 106 Å². The van der Waals surface area contributed by atoms with E-state index in [2.05, 4.69) is 48.5 Å². The summed E-state index contributed by atoms with van der Waals surface area (Å²) < 4.78 is 5.13. The Bertz CT molecular complexity index is 638. The molecule has 2 aromatic carbocycles. The first-order chi connectivity index (χ1) is 8.84. The van der Waals surface area contributed by atoms with E-state index < -0.39 is 0 Å². The fraction of sp³-hybridized carbons (Fsp3) is 0.0625. The number of aromatic nitrogens is 1. The maximum atomic E-state index is 5.13. The average molecular weight is 235 g/mol. The third-order valence-electron chi connectivity index (χ3n) is 2.98.